The molecule has 0 aliphatic rings. The molecule has 0 bridgehead atoms. The lowest BCUT2D eigenvalue weighted by Crippen LogP contribution is -2.26. The average molecular weight is 358 g/mol. The van der Waals surface area contributed by atoms with Gasteiger partial charge in [-0.05, 0) is 36.8 Å². The maximum atomic E-state index is 12.4. The van der Waals surface area contributed by atoms with E-state index in [-0.39, 0.29) is 11.9 Å². The van der Waals surface area contributed by atoms with Gasteiger partial charge in [-0.1, -0.05) is 6.07 Å². The highest BCUT2D eigenvalue weighted by atomic mass is 32.1. The van der Waals surface area contributed by atoms with Gasteiger partial charge in [-0.2, -0.15) is 0 Å². The highest BCUT2D eigenvalue weighted by molar-refractivity contribution is 7.13. The highest BCUT2D eigenvalue weighted by Crippen LogP contribution is 2.30. The maximum absolute atomic E-state index is 12.4. The van der Waals surface area contributed by atoms with E-state index in [1.54, 1.807) is 31.9 Å². The molecule has 2 heterocycles. The van der Waals surface area contributed by atoms with Crippen molar-refractivity contribution in [2.45, 2.75) is 13.0 Å². The van der Waals surface area contributed by atoms with Crippen LogP contribution < -0.4 is 14.8 Å². The molecule has 1 aromatic carbocycles. The summed E-state index contributed by atoms with van der Waals surface area (Å²) >= 11 is 1.37. The largest absolute Gasteiger partial charge is 0.493 e. The molecule has 3 rings (SSSR count). The number of methoxy groups -OCH3 is 2. The van der Waals surface area contributed by atoms with Crippen LogP contribution in [0.1, 0.15) is 29.0 Å². The van der Waals surface area contributed by atoms with Gasteiger partial charge in [0, 0.05) is 5.38 Å². The number of carbonyl (C=O) groups is 1. The molecule has 0 saturated heterocycles. The number of ether oxygens (including phenoxy) is 2. The van der Waals surface area contributed by atoms with Crippen molar-refractivity contribution in [3.8, 4) is 22.3 Å². The number of furan rings is 1. The first kappa shape index (κ1) is 17.0. The molecule has 0 spiro atoms. The molecule has 130 valence electrons. The predicted octanol–water partition coefficient (Wildman–Crippen LogP) is 3.91. The van der Waals surface area contributed by atoms with Crippen LogP contribution in [-0.4, -0.2) is 25.1 Å². The fraction of sp³-hybridized carbons (Fsp3) is 0.222. The van der Waals surface area contributed by atoms with Gasteiger partial charge in [0.25, 0.3) is 5.91 Å². The van der Waals surface area contributed by atoms with Gasteiger partial charge in [-0.25, -0.2) is 4.98 Å². The van der Waals surface area contributed by atoms with Crippen LogP contribution in [0.2, 0.25) is 0 Å². The number of benzene rings is 1. The summed E-state index contributed by atoms with van der Waals surface area (Å²) in [4.78, 5) is 16.8. The monoisotopic (exact) mass is 358 g/mol. The van der Waals surface area contributed by atoms with Gasteiger partial charge < -0.3 is 19.2 Å². The highest BCUT2D eigenvalue weighted by Gasteiger charge is 2.17. The molecule has 0 saturated carbocycles. The molecule has 1 unspecified atom stereocenters. The molecule has 1 N–H and O–H groups in total. The Bertz CT molecular complexity index is 858. The minimum Gasteiger partial charge on any atom is -0.493 e. The van der Waals surface area contributed by atoms with Crippen molar-refractivity contribution in [3.63, 3.8) is 0 Å². The molecule has 7 heteroatoms. The van der Waals surface area contributed by atoms with Gasteiger partial charge >= 0.3 is 0 Å². The first-order chi connectivity index (χ1) is 12.1. The molecule has 2 aromatic heterocycles. The Morgan fingerprint density at radius 1 is 1.24 bits per heavy atom. The van der Waals surface area contributed by atoms with Crippen molar-refractivity contribution in [1.82, 2.24) is 10.3 Å². The number of hydrogen-bond acceptors (Lipinski definition) is 6. The molecule has 25 heavy (non-hydrogen) atoms. The number of amides is 1. The van der Waals surface area contributed by atoms with Gasteiger partial charge in [0.1, 0.15) is 5.69 Å². The lowest BCUT2D eigenvalue weighted by atomic mass is 10.1. The Morgan fingerprint density at radius 2 is 2.04 bits per heavy atom. The number of hydrogen-bond donors (Lipinski definition) is 1. The lowest BCUT2D eigenvalue weighted by molar-refractivity contribution is 0.0935. The predicted molar refractivity (Wildman–Crippen MR) is 95.2 cm³/mol. The summed E-state index contributed by atoms with van der Waals surface area (Å²) in [6.07, 6.45) is 1.58. The van der Waals surface area contributed by atoms with Gasteiger partial charge in [0.2, 0.25) is 0 Å². The summed E-state index contributed by atoms with van der Waals surface area (Å²) in [5.41, 5.74) is 1.27. The minimum absolute atomic E-state index is 0.207. The lowest BCUT2D eigenvalue weighted by Gasteiger charge is -2.16. The van der Waals surface area contributed by atoms with E-state index in [0.29, 0.717) is 28.0 Å². The van der Waals surface area contributed by atoms with E-state index in [9.17, 15) is 4.79 Å². The number of nitrogens with one attached hydrogen (secondary N) is 1. The molecule has 3 aromatic rings. The van der Waals surface area contributed by atoms with Crippen molar-refractivity contribution in [1.29, 1.82) is 0 Å². The Balaban J connectivity index is 1.72. The summed E-state index contributed by atoms with van der Waals surface area (Å²) in [5, 5.41) is 5.33. The van der Waals surface area contributed by atoms with E-state index in [0.717, 1.165) is 5.56 Å². The van der Waals surface area contributed by atoms with Crippen LogP contribution in [0.25, 0.3) is 10.8 Å². The van der Waals surface area contributed by atoms with E-state index in [2.05, 4.69) is 10.3 Å². The van der Waals surface area contributed by atoms with Crippen molar-refractivity contribution in [3.05, 3.63) is 53.2 Å². The van der Waals surface area contributed by atoms with E-state index in [4.69, 9.17) is 13.9 Å². The number of thiazole rings is 1. The van der Waals surface area contributed by atoms with E-state index in [1.807, 2.05) is 31.2 Å². The third kappa shape index (κ3) is 3.66. The van der Waals surface area contributed by atoms with E-state index in [1.165, 1.54) is 11.3 Å². The van der Waals surface area contributed by atoms with Crippen LogP contribution in [0.4, 0.5) is 0 Å². The number of carbonyl (C=O) groups excluding carboxylic acids is 1. The molecule has 0 radical (unpaired) electrons. The van der Waals surface area contributed by atoms with E-state index < -0.39 is 0 Å². The third-order valence-electron chi connectivity index (χ3n) is 3.72. The van der Waals surface area contributed by atoms with Gasteiger partial charge in [-0.15, -0.1) is 11.3 Å². The fourth-order valence-electron chi connectivity index (χ4n) is 2.37. The standard InChI is InChI=1S/C18H18N2O4S/c1-11(12-6-7-14(22-2)16(9-12)23-3)19-17(21)13-10-25-18(20-13)15-5-4-8-24-15/h4-11H,1-3H3,(H,19,21). The molecule has 0 fully saturated rings. The summed E-state index contributed by atoms with van der Waals surface area (Å²) < 4.78 is 15.8. The van der Waals surface area contributed by atoms with Crippen LogP contribution in [-0.2, 0) is 0 Å². The SMILES string of the molecule is COc1ccc(C(C)NC(=O)c2csc(-c3ccco3)n2)cc1OC. The van der Waals surface area contributed by atoms with Crippen LogP contribution in [0, 0.1) is 0 Å². The van der Waals surface area contributed by atoms with Crippen LogP contribution in [0.5, 0.6) is 11.5 Å². The second-order valence-corrected chi connectivity index (χ2v) is 6.18. The zero-order valence-corrected chi connectivity index (χ0v) is 14.9. The van der Waals surface area contributed by atoms with Crippen molar-refractivity contribution < 1.29 is 18.7 Å². The Hall–Kier alpha value is -2.80. The van der Waals surface area contributed by atoms with Crippen LogP contribution in [0.15, 0.2) is 46.4 Å². The second-order valence-electron chi connectivity index (χ2n) is 5.32. The minimum atomic E-state index is -0.239. The molecule has 1 atom stereocenters. The maximum Gasteiger partial charge on any atom is 0.271 e. The Morgan fingerprint density at radius 3 is 2.72 bits per heavy atom. The summed E-state index contributed by atoms with van der Waals surface area (Å²) in [6.45, 7) is 1.90. The molecular weight excluding hydrogens is 340 g/mol. The zero-order chi connectivity index (χ0) is 17.8. The molecule has 1 amide bonds. The van der Waals surface area contributed by atoms with Gasteiger partial charge in [0.15, 0.2) is 22.3 Å². The van der Waals surface area contributed by atoms with Crippen LogP contribution in [0.3, 0.4) is 0 Å². The smallest absolute Gasteiger partial charge is 0.271 e. The molecule has 6 nitrogen and oxygen atoms in total. The summed E-state index contributed by atoms with van der Waals surface area (Å²) in [7, 11) is 3.16. The van der Waals surface area contributed by atoms with Crippen molar-refractivity contribution in [2.24, 2.45) is 0 Å². The third-order valence-corrected chi connectivity index (χ3v) is 4.58. The van der Waals surface area contributed by atoms with Crippen molar-refractivity contribution in [2.75, 3.05) is 14.2 Å². The molecule has 0 aliphatic heterocycles. The van der Waals surface area contributed by atoms with Gasteiger partial charge in [-0.3, -0.25) is 4.79 Å². The number of rotatable bonds is 6. The van der Waals surface area contributed by atoms with Gasteiger partial charge in [0.05, 0.1) is 26.5 Å². The first-order valence-corrected chi connectivity index (χ1v) is 8.52. The average Bonchev–Trinajstić information content (AvgIpc) is 3.32. The zero-order valence-electron chi connectivity index (χ0n) is 14.1. The Kier molecular flexibility index (Phi) is 5.04. The Labute approximate surface area is 149 Å². The van der Waals surface area contributed by atoms with Crippen LogP contribution >= 0.6 is 11.3 Å². The molecule has 0 aliphatic carbocycles. The quantitative estimate of drug-likeness (QED) is 0.723. The molecular formula is C18H18N2O4S. The fourth-order valence-corrected chi connectivity index (χ4v) is 3.13. The first-order valence-electron chi connectivity index (χ1n) is 7.64. The summed E-state index contributed by atoms with van der Waals surface area (Å²) in [6, 6.07) is 8.94. The normalized spacial score (nSPS) is 11.8. The number of nitrogens with zero attached hydrogens (tertiary/aromatic N) is 1. The number of aromatic nitrogens is 1. The van der Waals surface area contributed by atoms with Crippen molar-refractivity contribution >= 4 is 17.2 Å². The second kappa shape index (κ2) is 7.40. The summed E-state index contributed by atoms with van der Waals surface area (Å²) in [5.74, 6) is 1.68. The topological polar surface area (TPSA) is 73.6 Å². The van der Waals surface area contributed by atoms with E-state index >= 15 is 0 Å².